The summed E-state index contributed by atoms with van der Waals surface area (Å²) in [6.07, 6.45) is -3.57. The smallest absolute Gasteiger partial charge is 0.407 e. The lowest BCUT2D eigenvalue weighted by molar-refractivity contribution is -0.122. The fourth-order valence-electron chi connectivity index (χ4n) is 1.53. The molecular formula is C14H20N2O5. The lowest BCUT2D eigenvalue weighted by Gasteiger charge is -2.12. The Hall–Kier alpha value is -1.96. The minimum absolute atomic E-state index is 0.0320. The third kappa shape index (κ3) is 7.40. The average molecular weight is 296 g/mol. The van der Waals surface area contributed by atoms with Crippen LogP contribution in [0.25, 0.3) is 0 Å². The van der Waals surface area contributed by atoms with E-state index in [9.17, 15) is 14.7 Å². The first-order valence-corrected chi connectivity index (χ1v) is 6.57. The SMILES string of the molecule is NC(O)C(O)CC(=O)CCNC(=O)OCc1ccccc1. The number of carbonyl (C=O) groups is 2. The van der Waals surface area contributed by atoms with Gasteiger partial charge < -0.3 is 26.0 Å². The molecule has 0 radical (unpaired) electrons. The summed E-state index contributed by atoms with van der Waals surface area (Å²) in [6.45, 7) is 0.249. The van der Waals surface area contributed by atoms with Gasteiger partial charge in [0, 0.05) is 19.4 Å². The van der Waals surface area contributed by atoms with Gasteiger partial charge in [-0.2, -0.15) is 0 Å². The number of Topliss-reactive ketones (excluding diaryl/α,β-unsaturated/α-hetero) is 1. The molecular weight excluding hydrogens is 276 g/mol. The highest BCUT2D eigenvalue weighted by molar-refractivity contribution is 5.79. The van der Waals surface area contributed by atoms with Crippen LogP contribution in [0.4, 0.5) is 4.79 Å². The van der Waals surface area contributed by atoms with Crippen LogP contribution in [0.3, 0.4) is 0 Å². The molecule has 7 heteroatoms. The number of rotatable bonds is 8. The van der Waals surface area contributed by atoms with E-state index in [1.165, 1.54) is 0 Å². The summed E-state index contributed by atoms with van der Waals surface area (Å²) in [7, 11) is 0. The van der Waals surface area contributed by atoms with Crippen LogP contribution in [0, 0.1) is 0 Å². The number of hydrogen-bond donors (Lipinski definition) is 4. The fourth-order valence-corrected chi connectivity index (χ4v) is 1.53. The van der Waals surface area contributed by atoms with Crippen molar-refractivity contribution in [2.45, 2.75) is 31.8 Å². The first-order chi connectivity index (χ1) is 9.99. The highest BCUT2D eigenvalue weighted by Gasteiger charge is 2.16. The van der Waals surface area contributed by atoms with Crippen molar-refractivity contribution in [2.24, 2.45) is 5.73 Å². The molecule has 0 saturated heterocycles. The Labute approximate surface area is 122 Å². The molecule has 0 spiro atoms. The number of ether oxygens (including phenoxy) is 1. The van der Waals surface area contributed by atoms with Gasteiger partial charge >= 0.3 is 6.09 Å². The second kappa shape index (κ2) is 9.06. The first kappa shape index (κ1) is 17.1. The van der Waals surface area contributed by atoms with E-state index in [1.807, 2.05) is 30.3 Å². The largest absolute Gasteiger partial charge is 0.445 e. The number of ketones is 1. The zero-order chi connectivity index (χ0) is 15.7. The van der Waals surface area contributed by atoms with Crippen LogP contribution in [0.1, 0.15) is 18.4 Å². The molecule has 0 aliphatic carbocycles. The van der Waals surface area contributed by atoms with Crippen LogP contribution in [-0.4, -0.2) is 41.0 Å². The molecule has 0 heterocycles. The average Bonchev–Trinajstić information content (AvgIpc) is 2.46. The zero-order valence-electron chi connectivity index (χ0n) is 11.6. The number of carbonyl (C=O) groups excluding carboxylic acids is 2. The summed E-state index contributed by atoms with van der Waals surface area (Å²) < 4.78 is 4.96. The second-order valence-corrected chi connectivity index (χ2v) is 4.54. The van der Waals surface area contributed by atoms with E-state index >= 15 is 0 Å². The fraction of sp³-hybridized carbons (Fsp3) is 0.429. The molecule has 21 heavy (non-hydrogen) atoms. The number of benzene rings is 1. The number of amides is 1. The van der Waals surface area contributed by atoms with Gasteiger partial charge in [-0.1, -0.05) is 30.3 Å². The van der Waals surface area contributed by atoms with E-state index in [4.69, 9.17) is 15.6 Å². The molecule has 1 aromatic rings. The molecule has 2 unspecified atom stereocenters. The Morgan fingerprint density at radius 1 is 1.24 bits per heavy atom. The summed E-state index contributed by atoms with van der Waals surface area (Å²) in [5, 5.41) is 20.5. The minimum atomic E-state index is -1.45. The van der Waals surface area contributed by atoms with Crippen molar-refractivity contribution in [1.82, 2.24) is 5.32 Å². The van der Waals surface area contributed by atoms with Crippen molar-refractivity contribution >= 4 is 11.9 Å². The van der Waals surface area contributed by atoms with Gasteiger partial charge in [0.25, 0.3) is 0 Å². The maximum absolute atomic E-state index is 11.4. The topological polar surface area (TPSA) is 122 Å². The molecule has 0 aliphatic rings. The Morgan fingerprint density at radius 3 is 2.52 bits per heavy atom. The molecule has 1 amide bonds. The number of aliphatic hydroxyl groups excluding tert-OH is 2. The number of nitrogens with one attached hydrogen (secondary N) is 1. The van der Waals surface area contributed by atoms with E-state index < -0.39 is 18.4 Å². The maximum Gasteiger partial charge on any atom is 0.407 e. The van der Waals surface area contributed by atoms with Crippen LogP contribution >= 0.6 is 0 Å². The number of aliphatic hydroxyl groups is 2. The zero-order valence-corrected chi connectivity index (χ0v) is 11.6. The van der Waals surface area contributed by atoms with Gasteiger partial charge in [0.15, 0.2) is 0 Å². The quantitative estimate of drug-likeness (QED) is 0.497. The lowest BCUT2D eigenvalue weighted by Crippen LogP contribution is -2.36. The van der Waals surface area contributed by atoms with Crippen LogP contribution in [0.15, 0.2) is 30.3 Å². The highest BCUT2D eigenvalue weighted by atomic mass is 16.5. The standard InChI is InChI=1S/C14H20N2O5/c15-13(19)12(18)8-11(17)6-7-16-14(20)21-9-10-4-2-1-3-5-10/h1-5,12-13,18-19H,6-9,15H2,(H,16,20). The summed E-state index contributed by atoms with van der Waals surface area (Å²) in [5.74, 6) is -0.310. The lowest BCUT2D eigenvalue weighted by atomic mass is 10.1. The van der Waals surface area contributed by atoms with Crippen molar-refractivity contribution in [3.05, 3.63) is 35.9 Å². The van der Waals surface area contributed by atoms with Gasteiger partial charge in [-0.3, -0.25) is 4.79 Å². The molecule has 2 atom stereocenters. The van der Waals surface area contributed by atoms with Gasteiger partial charge in [-0.25, -0.2) is 4.79 Å². The predicted molar refractivity (Wildman–Crippen MR) is 75.1 cm³/mol. The second-order valence-electron chi connectivity index (χ2n) is 4.54. The maximum atomic E-state index is 11.4. The van der Waals surface area contributed by atoms with Gasteiger partial charge in [-0.15, -0.1) is 0 Å². The van der Waals surface area contributed by atoms with Gasteiger partial charge in [0.1, 0.15) is 18.6 Å². The summed E-state index contributed by atoms with van der Waals surface area (Å²) >= 11 is 0. The summed E-state index contributed by atoms with van der Waals surface area (Å²) in [6, 6.07) is 9.20. The molecule has 7 nitrogen and oxygen atoms in total. The minimum Gasteiger partial charge on any atom is -0.445 e. The molecule has 0 aromatic heterocycles. The van der Waals surface area contributed by atoms with Gasteiger partial charge in [0.2, 0.25) is 0 Å². The van der Waals surface area contributed by atoms with E-state index in [2.05, 4.69) is 5.32 Å². The normalized spacial score (nSPS) is 13.3. The Morgan fingerprint density at radius 2 is 1.90 bits per heavy atom. The highest BCUT2D eigenvalue weighted by Crippen LogP contribution is 2.01. The third-order valence-electron chi connectivity index (χ3n) is 2.72. The number of hydrogen-bond acceptors (Lipinski definition) is 6. The van der Waals surface area contributed by atoms with Crippen LogP contribution < -0.4 is 11.1 Å². The van der Waals surface area contributed by atoms with Gasteiger partial charge in [-0.05, 0) is 5.56 Å². The Kier molecular flexibility index (Phi) is 7.38. The molecule has 116 valence electrons. The molecule has 1 aromatic carbocycles. The monoisotopic (exact) mass is 296 g/mol. The van der Waals surface area contributed by atoms with E-state index in [-0.39, 0.29) is 31.8 Å². The van der Waals surface area contributed by atoms with E-state index in [0.717, 1.165) is 5.56 Å². The molecule has 1 rings (SSSR count). The first-order valence-electron chi connectivity index (χ1n) is 6.57. The van der Waals surface area contributed by atoms with Crippen molar-refractivity contribution in [2.75, 3.05) is 6.54 Å². The van der Waals surface area contributed by atoms with E-state index in [0.29, 0.717) is 0 Å². The summed E-state index contributed by atoms with van der Waals surface area (Å²) in [5.41, 5.74) is 5.88. The third-order valence-corrected chi connectivity index (χ3v) is 2.72. The van der Waals surface area contributed by atoms with Crippen molar-refractivity contribution in [3.63, 3.8) is 0 Å². The molecule has 0 fully saturated rings. The summed E-state index contributed by atoms with van der Waals surface area (Å²) in [4.78, 5) is 22.8. The van der Waals surface area contributed by atoms with Crippen LogP contribution in [0.5, 0.6) is 0 Å². The van der Waals surface area contributed by atoms with E-state index in [1.54, 1.807) is 0 Å². The van der Waals surface area contributed by atoms with Crippen molar-refractivity contribution in [3.8, 4) is 0 Å². The van der Waals surface area contributed by atoms with Crippen molar-refractivity contribution < 1.29 is 24.5 Å². The van der Waals surface area contributed by atoms with Gasteiger partial charge in [0.05, 0.1) is 6.10 Å². The van der Waals surface area contributed by atoms with Crippen molar-refractivity contribution in [1.29, 1.82) is 0 Å². The number of alkyl carbamates (subject to hydrolysis) is 1. The Balaban J connectivity index is 2.14. The number of nitrogens with two attached hydrogens (primary N) is 1. The van der Waals surface area contributed by atoms with Crippen LogP contribution in [-0.2, 0) is 16.1 Å². The molecule has 5 N–H and O–H groups in total. The molecule has 0 bridgehead atoms. The molecule has 0 aliphatic heterocycles. The van der Waals surface area contributed by atoms with Crippen LogP contribution in [0.2, 0.25) is 0 Å². The molecule has 0 saturated carbocycles. The predicted octanol–water partition coefficient (Wildman–Crippen LogP) is -0.0999. The Bertz CT molecular complexity index is 450.